The minimum atomic E-state index is 0. The quantitative estimate of drug-likeness (QED) is 0.873. The number of amides is 1. The highest BCUT2D eigenvalue weighted by Gasteiger charge is 2.37. The Hall–Kier alpha value is -1.07. The lowest BCUT2D eigenvalue weighted by molar-refractivity contribution is -0.134. The number of hydrogen-bond donors (Lipinski definition) is 1. The second-order valence-corrected chi connectivity index (χ2v) is 5.35. The topological polar surface area (TPSA) is 50.2 Å². The van der Waals surface area contributed by atoms with Crippen molar-refractivity contribution in [2.75, 3.05) is 26.2 Å². The van der Waals surface area contributed by atoms with Crippen LogP contribution in [0.25, 0.3) is 0 Å². The summed E-state index contributed by atoms with van der Waals surface area (Å²) in [4.78, 5) is 14.5. The van der Waals surface area contributed by atoms with Gasteiger partial charge in [0, 0.05) is 45.3 Å². The molecule has 0 aromatic carbocycles. The van der Waals surface area contributed by atoms with E-state index >= 15 is 0 Å². The van der Waals surface area contributed by atoms with Gasteiger partial charge in [-0.25, -0.2) is 0 Å². The van der Waals surface area contributed by atoms with E-state index in [4.69, 9.17) is 0 Å². The first-order valence-corrected chi connectivity index (χ1v) is 6.74. The third-order valence-corrected chi connectivity index (χ3v) is 4.10. The van der Waals surface area contributed by atoms with E-state index in [1.165, 1.54) is 5.56 Å². The van der Waals surface area contributed by atoms with Gasteiger partial charge in [-0.1, -0.05) is 0 Å². The number of aryl methyl sites for hydroxylation is 1. The normalized spacial score (nSPS) is 26.5. The Morgan fingerprint density at radius 2 is 2.11 bits per heavy atom. The Morgan fingerprint density at radius 1 is 1.37 bits per heavy atom. The van der Waals surface area contributed by atoms with E-state index in [0.29, 0.717) is 5.91 Å². The van der Waals surface area contributed by atoms with Gasteiger partial charge in [-0.2, -0.15) is 5.10 Å². The van der Waals surface area contributed by atoms with Crippen molar-refractivity contribution in [1.82, 2.24) is 20.0 Å². The summed E-state index contributed by atoms with van der Waals surface area (Å²) in [7, 11) is 1.92. The van der Waals surface area contributed by atoms with E-state index in [-0.39, 0.29) is 24.2 Å². The molecule has 0 aliphatic carbocycles. The Kier molecular flexibility index (Phi) is 4.47. The lowest BCUT2D eigenvalue weighted by Crippen LogP contribution is -2.36. The van der Waals surface area contributed by atoms with Gasteiger partial charge in [0.25, 0.3) is 0 Å². The minimum Gasteiger partial charge on any atom is -0.342 e. The predicted octanol–water partition coefficient (Wildman–Crippen LogP) is 0.767. The predicted molar refractivity (Wildman–Crippen MR) is 75.4 cm³/mol. The molecule has 2 aliphatic heterocycles. The zero-order valence-corrected chi connectivity index (χ0v) is 12.0. The van der Waals surface area contributed by atoms with Gasteiger partial charge in [0.1, 0.15) is 0 Å². The number of hydrogen-bond acceptors (Lipinski definition) is 3. The molecule has 0 saturated carbocycles. The summed E-state index contributed by atoms with van der Waals surface area (Å²) < 4.78 is 1.81. The third kappa shape index (κ3) is 2.77. The molecule has 19 heavy (non-hydrogen) atoms. The molecule has 0 bridgehead atoms. The van der Waals surface area contributed by atoms with Gasteiger partial charge in [-0.15, -0.1) is 12.4 Å². The summed E-state index contributed by atoms with van der Waals surface area (Å²) in [6, 6.07) is 0. The van der Waals surface area contributed by atoms with Gasteiger partial charge in [0.2, 0.25) is 5.91 Å². The van der Waals surface area contributed by atoms with Crippen LogP contribution < -0.4 is 5.32 Å². The van der Waals surface area contributed by atoms with Crippen molar-refractivity contribution in [2.24, 2.45) is 13.0 Å². The zero-order valence-electron chi connectivity index (χ0n) is 11.2. The number of nitrogens with zero attached hydrogens (tertiary/aromatic N) is 3. The van der Waals surface area contributed by atoms with Gasteiger partial charge in [0.15, 0.2) is 0 Å². The van der Waals surface area contributed by atoms with E-state index in [1.54, 1.807) is 0 Å². The van der Waals surface area contributed by atoms with Crippen molar-refractivity contribution >= 4 is 18.3 Å². The van der Waals surface area contributed by atoms with Crippen molar-refractivity contribution in [3.63, 3.8) is 0 Å². The maximum atomic E-state index is 12.5. The Bertz CT molecular complexity index is 442. The standard InChI is InChI=1S/C13H20N4O.ClH/c1-16-9-10(6-15-16)11-7-14-8-12(11)13(18)17-4-2-3-5-17;/h6,9,11-12,14H,2-5,7-8H2,1H3;1H/t11-,12+;/m1./s1. The van der Waals surface area contributed by atoms with Crippen molar-refractivity contribution < 1.29 is 4.79 Å². The lowest BCUT2D eigenvalue weighted by Gasteiger charge is -2.23. The molecule has 1 aromatic heterocycles. The van der Waals surface area contributed by atoms with Crippen LogP contribution in [0.3, 0.4) is 0 Å². The van der Waals surface area contributed by atoms with E-state index in [9.17, 15) is 4.79 Å². The maximum Gasteiger partial charge on any atom is 0.227 e. The highest BCUT2D eigenvalue weighted by Crippen LogP contribution is 2.30. The molecule has 6 heteroatoms. The SMILES string of the molecule is Cl.Cn1cc([C@H]2CNC[C@@H]2C(=O)N2CCCC2)cn1. The summed E-state index contributed by atoms with van der Waals surface area (Å²) in [6.45, 7) is 3.56. The van der Waals surface area contributed by atoms with Crippen molar-refractivity contribution in [3.05, 3.63) is 18.0 Å². The van der Waals surface area contributed by atoms with Gasteiger partial charge in [0.05, 0.1) is 12.1 Å². The van der Waals surface area contributed by atoms with Gasteiger partial charge < -0.3 is 10.2 Å². The molecular formula is C13H21ClN4O. The van der Waals surface area contributed by atoms with Crippen LogP contribution in [0, 0.1) is 5.92 Å². The molecule has 2 aliphatic rings. The van der Waals surface area contributed by atoms with Crippen LogP contribution in [0.5, 0.6) is 0 Å². The molecule has 2 atom stereocenters. The first kappa shape index (κ1) is 14.3. The van der Waals surface area contributed by atoms with Gasteiger partial charge in [-0.3, -0.25) is 9.48 Å². The monoisotopic (exact) mass is 284 g/mol. The highest BCUT2D eigenvalue weighted by atomic mass is 35.5. The van der Waals surface area contributed by atoms with Crippen LogP contribution in [-0.4, -0.2) is 46.8 Å². The van der Waals surface area contributed by atoms with Crippen molar-refractivity contribution in [2.45, 2.75) is 18.8 Å². The number of likely N-dealkylation sites (tertiary alicyclic amines) is 1. The molecular weight excluding hydrogens is 264 g/mol. The number of nitrogens with one attached hydrogen (secondary N) is 1. The number of aromatic nitrogens is 2. The zero-order chi connectivity index (χ0) is 12.5. The van der Waals surface area contributed by atoms with E-state index in [2.05, 4.69) is 10.4 Å². The lowest BCUT2D eigenvalue weighted by atomic mass is 9.90. The van der Waals surface area contributed by atoms with E-state index in [0.717, 1.165) is 39.0 Å². The molecule has 3 heterocycles. The molecule has 0 radical (unpaired) electrons. The maximum absolute atomic E-state index is 12.5. The highest BCUT2D eigenvalue weighted by molar-refractivity contribution is 5.85. The summed E-state index contributed by atoms with van der Waals surface area (Å²) >= 11 is 0. The number of rotatable bonds is 2. The average molecular weight is 285 g/mol. The fraction of sp³-hybridized carbons (Fsp3) is 0.692. The first-order valence-electron chi connectivity index (χ1n) is 6.74. The molecule has 5 nitrogen and oxygen atoms in total. The second kappa shape index (κ2) is 5.92. The molecule has 1 N–H and O–H groups in total. The number of halogens is 1. The molecule has 1 aromatic rings. The largest absolute Gasteiger partial charge is 0.342 e. The summed E-state index contributed by atoms with van der Waals surface area (Å²) in [5.74, 6) is 0.699. The van der Waals surface area contributed by atoms with Crippen LogP contribution in [-0.2, 0) is 11.8 Å². The minimum absolute atomic E-state index is 0. The molecule has 2 fully saturated rings. The van der Waals surface area contributed by atoms with Gasteiger partial charge in [-0.05, 0) is 18.4 Å². The smallest absolute Gasteiger partial charge is 0.227 e. The Morgan fingerprint density at radius 3 is 2.74 bits per heavy atom. The number of carbonyl (C=O) groups is 1. The third-order valence-electron chi connectivity index (χ3n) is 4.10. The average Bonchev–Trinajstić information content (AvgIpc) is 3.09. The molecule has 1 amide bonds. The fourth-order valence-electron chi connectivity index (χ4n) is 3.09. The van der Waals surface area contributed by atoms with Crippen molar-refractivity contribution in [1.29, 1.82) is 0 Å². The Labute approximate surface area is 119 Å². The Balaban J connectivity index is 0.00000133. The molecule has 0 spiro atoms. The van der Waals surface area contributed by atoms with Crippen LogP contribution in [0.1, 0.15) is 24.3 Å². The van der Waals surface area contributed by atoms with Crippen LogP contribution in [0.2, 0.25) is 0 Å². The molecule has 3 rings (SSSR count). The van der Waals surface area contributed by atoms with E-state index < -0.39 is 0 Å². The fourth-order valence-corrected chi connectivity index (χ4v) is 3.09. The molecule has 0 unspecified atom stereocenters. The van der Waals surface area contributed by atoms with Crippen LogP contribution >= 0.6 is 12.4 Å². The van der Waals surface area contributed by atoms with Crippen LogP contribution in [0.4, 0.5) is 0 Å². The summed E-state index contributed by atoms with van der Waals surface area (Å²) in [5, 5.41) is 7.57. The van der Waals surface area contributed by atoms with Crippen molar-refractivity contribution in [3.8, 4) is 0 Å². The molecule has 106 valence electrons. The summed E-state index contributed by atoms with van der Waals surface area (Å²) in [5.41, 5.74) is 1.18. The number of carbonyl (C=O) groups excluding carboxylic acids is 1. The van der Waals surface area contributed by atoms with Gasteiger partial charge >= 0.3 is 0 Å². The van der Waals surface area contributed by atoms with Crippen LogP contribution in [0.15, 0.2) is 12.4 Å². The second-order valence-electron chi connectivity index (χ2n) is 5.35. The van der Waals surface area contributed by atoms with E-state index in [1.807, 2.05) is 29.0 Å². The first-order chi connectivity index (χ1) is 8.75. The summed E-state index contributed by atoms with van der Waals surface area (Å²) in [6.07, 6.45) is 6.23. The molecule has 2 saturated heterocycles.